The van der Waals surface area contributed by atoms with Crippen LogP contribution >= 0.6 is 0 Å². The van der Waals surface area contributed by atoms with Crippen molar-refractivity contribution in [2.24, 2.45) is 11.8 Å². The fourth-order valence-electron chi connectivity index (χ4n) is 10.2. The second kappa shape index (κ2) is 20.9. The van der Waals surface area contributed by atoms with Gasteiger partial charge in [0.25, 0.3) is 6.43 Å². The van der Waals surface area contributed by atoms with Crippen molar-refractivity contribution < 1.29 is 47.6 Å². The molecule has 0 spiro atoms. The summed E-state index contributed by atoms with van der Waals surface area (Å²) in [5.41, 5.74) is 4.75. The second-order valence-electron chi connectivity index (χ2n) is 19.8. The summed E-state index contributed by atoms with van der Waals surface area (Å²) in [5, 5.41) is 24.7. The van der Waals surface area contributed by atoms with Crippen LogP contribution in [0.4, 0.5) is 25.1 Å². The molecule has 0 unspecified atom stereocenters. The maximum Gasteiger partial charge on any atom is 0.420 e. The van der Waals surface area contributed by atoms with E-state index in [-0.39, 0.29) is 40.8 Å². The molecule has 0 aliphatic heterocycles. The lowest BCUT2D eigenvalue weighted by molar-refractivity contribution is -0.144. The van der Waals surface area contributed by atoms with Gasteiger partial charge in [0.1, 0.15) is 22.6 Å². The Morgan fingerprint density at radius 2 is 1.37 bits per heavy atom. The van der Waals surface area contributed by atoms with Gasteiger partial charge >= 0.3 is 18.0 Å². The molecule has 0 atom stereocenters. The third kappa shape index (κ3) is 10.8. The first-order valence-electron chi connectivity index (χ1n) is 24.0. The summed E-state index contributed by atoms with van der Waals surface area (Å²) >= 11 is 0. The van der Waals surface area contributed by atoms with Crippen LogP contribution < -0.4 is 14.4 Å². The van der Waals surface area contributed by atoms with Gasteiger partial charge in [-0.05, 0) is 134 Å². The first-order chi connectivity index (χ1) is 33.8. The second-order valence-corrected chi connectivity index (χ2v) is 19.8. The van der Waals surface area contributed by atoms with Crippen molar-refractivity contribution in [2.45, 2.75) is 116 Å². The molecule has 2 N–H and O–H groups in total. The Morgan fingerprint density at radius 3 is 1.93 bits per heavy atom. The number of aliphatic carboxylic acids is 2. The average molecular weight is 977 g/mol. The lowest BCUT2D eigenvalue weighted by Gasteiger charge is -2.34. The number of hydrogen-bond donors (Lipinski definition) is 2. The van der Waals surface area contributed by atoms with Crippen LogP contribution in [0.15, 0.2) is 67.0 Å². The summed E-state index contributed by atoms with van der Waals surface area (Å²) in [5.74, 6) is -1.90. The monoisotopic (exact) mass is 976 g/mol. The van der Waals surface area contributed by atoms with Crippen molar-refractivity contribution in [2.75, 3.05) is 33.2 Å². The van der Waals surface area contributed by atoms with E-state index in [1.165, 1.54) is 4.90 Å². The number of benzene rings is 3. The lowest BCUT2D eigenvalue weighted by atomic mass is 9.85. The number of nitrogens with zero attached hydrogens (tertiary/aromatic N) is 8. The molecule has 6 aromatic rings. The van der Waals surface area contributed by atoms with Crippen LogP contribution in [0.25, 0.3) is 38.8 Å². The number of methoxy groups -OCH3 is 2. The van der Waals surface area contributed by atoms with Crippen LogP contribution in [0.2, 0.25) is 0 Å². The Kier molecular flexibility index (Phi) is 14.9. The SMILES string of the molecule is COc1cc(-n2ncc3c(-c4cccc(N(C(=O)OC(C)(C)C)c5nc(C(F)F)nc6cc(CN(C)C7CCC(C(=O)O)CC7)cnc56)c4C)cccc32)cc(OC)c1CN(C)C1CCC(C(=O)O)CC1. The predicted octanol–water partition coefficient (Wildman–Crippen LogP) is 10.5. The molecule has 3 aromatic heterocycles. The Morgan fingerprint density at radius 1 is 0.789 bits per heavy atom. The molecule has 2 aliphatic carbocycles. The molecule has 71 heavy (non-hydrogen) atoms. The number of rotatable bonds is 15. The molecule has 0 bridgehead atoms. The minimum absolute atomic E-state index is 0.119. The van der Waals surface area contributed by atoms with E-state index < -0.39 is 35.9 Å². The van der Waals surface area contributed by atoms with Crippen molar-refractivity contribution in [1.82, 2.24) is 34.5 Å². The van der Waals surface area contributed by atoms with Gasteiger partial charge in [0.2, 0.25) is 0 Å². The minimum atomic E-state index is -3.08. The van der Waals surface area contributed by atoms with E-state index >= 15 is 0 Å². The van der Waals surface area contributed by atoms with E-state index in [0.717, 1.165) is 53.3 Å². The van der Waals surface area contributed by atoms with Gasteiger partial charge in [0.15, 0.2) is 11.6 Å². The molecule has 0 saturated heterocycles. The van der Waals surface area contributed by atoms with Crippen molar-refractivity contribution in [3.63, 3.8) is 0 Å². The Labute approximate surface area is 411 Å². The highest BCUT2D eigenvalue weighted by Crippen LogP contribution is 2.42. The van der Waals surface area contributed by atoms with Gasteiger partial charge in [0, 0.05) is 48.9 Å². The predicted molar refractivity (Wildman–Crippen MR) is 265 cm³/mol. The Hall–Kier alpha value is -6.79. The molecule has 16 nitrogen and oxygen atoms in total. The number of ether oxygens (including phenoxy) is 3. The summed E-state index contributed by atoms with van der Waals surface area (Å²) in [7, 11) is 7.21. The number of carbonyl (C=O) groups excluding carboxylic acids is 1. The van der Waals surface area contributed by atoms with Gasteiger partial charge in [-0.2, -0.15) is 5.10 Å². The van der Waals surface area contributed by atoms with E-state index in [1.54, 1.807) is 70.3 Å². The normalized spacial score (nSPS) is 18.6. The number of anilines is 2. The maximum absolute atomic E-state index is 14.8. The van der Waals surface area contributed by atoms with Crippen molar-refractivity contribution in [3.05, 3.63) is 89.5 Å². The van der Waals surface area contributed by atoms with E-state index in [1.807, 2.05) is 57.4 Å². The van der Waals surface area contributed by atoms with Crippen LogP contribution in [0.1, 0.15) is 101 Å². The van der Waals surface area contributed by atoms with Gasteiger partial charge in [-0.15, -0.1) is 0 Å². The van der Waals surface area contributed by atoms with Gasteiger partial charge in [0.05, 0.1) is 60.2 Å². The maximum atomic E-state index is 14.8. The molecule has 2 fully saturated rings. The number of carboxylic acid groups (broad SMARTS) is 2. The number of halogens is 2. The van der Waals surface area contributed by atoms with E-state index in [0.29, 0.717) is 72.8 Å². The number of aromatic nitrogens is 5. The number of alkyl halides is 2. The quantitative estimate of drug-likeness (QED) is 0.0990. The van der Waals surface area contributed by atoms with Gasteiger partial charge in [-0.3, -0.25) is 24.4 Å². The molecule has 376 valence electrons. The molecule has 0 radical (unpaired) electrons. The standard InChI is InChI=1S/C53H62F2N8O8/c1-30-37(38-12-10-14-43-39(38)27-57-63(43)36-24-44(69-7)40(45(25-36)70-8)29-61(6)35-21-17-33(18-22-35)51(66)67)11-9-13-42(30)62(52(68)71-53(2,3)4)49-46-41(58-48(59-49)47(54)55)23-31(26-56-46)28-60(5)34-19-15-32(16-20-34)50(64)65/h9-14,23-27,32-35,47H,15-22,28-29H2,1-8H3,(H,64,65)(H,66,67). The van der Waals surface area contributed by atoms with E-state index in [4.69, 9.17) is 24.3 Å². The van der Waals surface area contributed by atoms with Crippen molar-refractivity contribution >= 4 is 51.5 Å². The van der Waals surface area contributed by atoms with Crippen LogP contribution in [-0.4, -0.2) is 109 Å². The first kappa shape index (κ1) is 50.6. The molecule has 2 aliphatic rings. The molecule has 2 saturated carbocycles. The van der Waals surface area contributed by atoms with Gasteiger partial charge in [-0.1, -0.05) is 24.3 Å². The first-order valence-corrected chi connectivity index (χ1v) is 24.0. The Bertz CT molecular complexity index is 2920. The summed E-state index contributed by atoms with van der Waals surface area (Å²) < 4.78 is 49.3. The number of pyridine rings is 1. The van der Waals surface area contributed by atoms with Crippen LogP contribution in [-0.2, 0) is 27.4 Å². The third-order valence-electron chi connectivity index (χ3n) is 14.0. The zero-order chi connectivity index (χ0) is 50.9. The molecule has 8 rings (SSSR count). The summed E-state index contributed by atoms with van der Waals surface area (Å²) in [6.07, 6.45) is 4.90. The zero-order valence-electron chi connectivity index (χ0n) is 41.5. The molecule has 3 heterocycles. The van der Waals surface area contributed by atoms with Crippen LogP contribution in [0, 0.1) is 18.8 Å². The number of carboxylic acids is 2. The van der Waals surface area contributed by atoms with E-state index in [2.05, 4.69) is 19.8 Å². The Balaban J connectivity index is 1.15. The molecular weight excluding hydrogens is 915 g/mol. The summed E-state index contributed by atoms with van der Waals surface area (Å²) in [6.45, 7) is 7.94. The van der Waals surface area contributed by atoms with Gasteiger partial charge in [-0.25, -0.2) is 33.1 Å². The van der Waals surface area contributed by atoms with Crippen molar-refractivity contribution in [3.8, 4) is 28.3 Å². The largest absolute Gasteiger partial charge is 0.496 e. The zero-order valence-corrected chi connectivity index (χ0v) is 41.5. The fraction of sp³-hybridized carbons (Fsp3) is 0.453. The number of carbonyl (C=O) groups is 3. The number of hydrogen-bond acceptors (Lipinski definition) is 12. The van der Waals surface area contributed by atoms with Crippen molar-refractivity contribution in [1.29, 1.82) is 0 Å². The average Bonchev–Trinajstić information content (AvgIpc) is 3.78. The highest BCUT2D eigenvalue weighted by molar-refractivity contribution is 6.05. The summed E-state index contributed by atoms with van der Waals surface area (Å²) in [6, 6.07) is 17.1. The van der Waals surface area contributed by atoms with Crippen LogP contribution in [0.3, 0.4) is 0 Å². The molecule has 18 heteroatoms. The molecular formula is C53H62F2N8O8. The highest BCUT2D eigenvalue weighted by atomic mass is 19.3. The highest BCUT2D eigenvalue weighted by Gasteiger charge is 2.34. The fourth-order valence-corrected chi connectivity index (χ4v) is 10.2. The van der Waals surface area contributed by atoms with E-state index in [9.17, 15) is 33.4 Å². The smallest absolute Gasteiger partial charge is 0.420 e. The molecule has 3 aromatic carbocycles. The summed E-state index contributed by atoms with van der Waals surface area (Å²) in [4.78, 5) is 56.5. The topological polar surface area (TPSA) is 186 Å². The molecule has 1 amide bonds. The van der Waals surface area contributed by atoms with Gasteiger partial charge < -0.3 is 24.4 Å². The number of fused-ring (bicyclic) bond motifs is 2. The third-order valence-corrected chi connectivity index (χ3v) is 14.0. The number of amides is 1. The lowest BCUT2D eigenvalue weighted by Crippen LogP contribution is -2.36. The minimum Gasteiger partial charge on any atom is -0.496 e. The van der Waals surface area contributed by atoms with Crippen LogP contribution in [0.5, 0.6) is 11.5 Å².